The molecule has 1 aliphatic carbocycles. The maximum absolute atomic E-state index is 3.71. The summed E-state index contributed by atoms with van der Waals surface area (Å²) in [6, 6.07) is 0.885. The van der Waals surface area contributed by atoms with Gasteiger partial charge < -0.3 is 5.32 Å². The van der Waals surface area contributed by atoms with Gasteiger partial charge in [-0.05, 0) is 25.7 Å². The van der Waals surface area contributed by atoms with E-state index in [0.717, 1.165) is 10.9 Å². The van der Waals surface area contributed by atoms with Gasteiger partial charge in [-0.2, -0.15) is 0 Å². The number of halogens is 1. The van der Waals surface area contributed by atoms with Crippen molar-refractivity contribution >= 4 is 15.9 Å². The van der Waals surface area contributed by atoms with Crippen LogP contribution in [0.5, 0.6) is 0 Å². The monoisotopic (exact) mass is 246 g/mol. The Kier molecular flexibility index (Phi) is 3.64. The van der Waals surface area contributed by atoms with Gasteiger partial charge in [0.2, 0.25) is 0 Å². The number of nitrogens with zero attached hydrogens (tertiary/aromatic N) is 1. The molecular formula is C10H19BrN2. The number of piperazine rings is 1. The molecule has 0 spiro atoms. The van der Waals surface area contributed by atoms with Gasteiger partial charge in [0, 0.05) is 37.0 Å². The van der Waals surface area contributed by atoms with Gasteiger partial charge in [0.05, 0.1) is 0 Å². The molecule has 2 aliphatic rings. The molecule has 0 bridgehead atoms. The van der Waals surface area contributed by atoms with Crippen molar-refractivity contribution in [3.05, 3.63) is 0 Å². The van der Waals surface area contributed by atoms with E-state index in [9.17, 15) is 0 Å². The van der Waals surface area contributed by atoms with Crippen LogP contribution in [0.4, 0.5) is 0 Å². The van der Waals surface area contributed by atoms with E-state index < -0.39 is 0 Å². The van der Waals surface area contributed by atoms with E-state index in [1.165, 1.54) is 51.9 Å². The van der Waals surface area contributed by atoms with Gasteiger partial charge in [0.1, 0.15) is 0 Å². The molecule has 1 N–H and O–H groups in total. The van der Waals surface area contributed by atoms with Crippen LogP contribution in [0, 0.1) is 0 Å². The average Bonchev–Trinajstić information content (AvgIpc) is 2.20. The number of rotatable bonds is 1. The Bertz CT molecular complexity index is 149. The van der Waals surface area contributed by atoms with Crippen molar-refractivity contribution in [1.82, 2.24) is 10.2 Å². The van der Waals surface area contributed by atoms with Crippen LogP contribution in [0.1, 0.15) is 25.7 Å². The quantitative estimate of drug-likeness (QED) is 0.708. The molecule has 0 amide bonds. The Morgan fingerprint density at radius 1 is 1.00 bits per heavy atom. The van der Waals surface area contributed by atoms with Crippen LogP contribution in [0.2, 0.25) is 0 Å². The Morgan fingerprint density at radius 2 is 1.62 bits per heavy atom. The van der Waals surface area contributed by atoms with Crippen molar-refractivity contribution in [1.29, 1.82) is 0 Å². The molecule has 1 heterocycles. The second-order valence-electron chi connectivity index (χ2n) is 4.19. The summed E-state index contributed by atoms with van der Waals surface area (Å²) in [5, 5.41) is 3.41. The molecular weight excluding hydrogens is 228 g/mol. The Hall–Kier alpha value is 0.400. The average molecular weight is 247 g/mol. The molecule has 2 nitrogen and oxygen atoms in total. The first-order chi connectivity index (χ1) is 6.36. The minimum absolute atomic E-state index is 0.798. The minimum atomic E-state index is 0.798. The van der Waals surface area contributed by atoms with Crippen molar-refractivity contribution in [3.8, 4) is 0 Å². The molecule has 1 aliphatic heterocycles. The topological polar surface area (TPSA) is 15.3 Å². The summed E-state index contributed by atoms with van der Waals surface area (Å²) < 4.78 is 0. The highest BCUT2D eigenvalue weighted by Crippen LogP contribution is 2.27. The predicted octanol–water partition coefficient (Wildman–Crippen LogP) is 1.60. The molecule has 1 saturated heterocycles. The first kappa shape index (κ1) is 9.94. The zero-order valence-corrected chi connectivity index (χ0v) is 9.72. The fourth-order valence-electron chi connectivity index (χ4n) is 2.45. The first-order valence-corrected chi connectivity index (χ1v) is 6.36. The van der Waals surface area contributed by atoms with Crippen molar-refractivity contribution in [2.45, 2.75) is 36.6 Å². The summed E-state index contributed by atoms with van der Waals surface area (Å²) >= 11 is 3.71. The van der Waals surface area contributed by atoms with Gasteiger partial charge in [-0.25, -0.2) is 0 Å². The fourth-order valence-corrected chi connectivity index (χ4v) is 2.98. The van der Waals surface area contributed by atoms with E-state index in [2.05, 4.69) is 26.1 Å². The van der Waals surface area contributed by atoms with E-state index in [-0.39, 0.29) is 0 Å². The van der Waals surface area contributed by atoms with Crippen LogP contribution in [-0.4, -0.2) is 41.9 Å². The highest BCUT2D eigenvalue weighted by atomic mass is 79.9. The van der Waals surface area contributed by atoms with E-state index >= 15 is 0 Å². The van der Waals surface area contributed by atoms with Crippen molar-refractivity contribution in [2.24, 2.45) is 0 Å². The van der Waals surface area contributed by atoms with Crippen LogP contribution < -0.4 is 5.32 Å². The highest BCUT2D eigenvalue weighted by molar-refractivity contribution is 9.09. The van der Waals surface area contributed by atoms with Gasteiger partial charge in [-0.15, -0.1) is 0 Å². The van der Waals surface area contributed by atoms with E-state index in [0.29, 0.717) is 0 Å². The lowest BCUT2D eigenvalue weighted by Crippen LogP contribution is -2.49. The molecule has 2 rings (SSSR count). The van der Waals surface area contributed by atoms with Crippen molar-refractivity contribution in [3.63, 3.8) is 0 Å². The van der Waals surface area contributed by atoms with Crippen LogP contribution in [0.3, 0.4) is 0 Å². The third-order valence-corrected chi connectivity index (χ3v) is 4.21. The lowest BCUT2D eigenvalue weighted by Gasteiger charge is -2.38. The number of hydrogen-bond donors (Lipinski definition) is 1. The predicted molar refractivity (Wildman–Crippen MR) is 59.4 cm³/mol. The number of hydrogen-bond acceptors (Lipinski definition) is 2. The van der Waals surface area contributed by atoms with Gasteiger partial charge in [0.25, 0.3) is 0 Å². The summed E-state index contributed by atoms with van der Waals surface area (Å²) in [7, 11) is 0. The maximum Gasteiger partial charge on any atom is 0.0147 e. The van der Waals surface area contributed by atoms with Gasteiger partial charge in [-0.1, -0.05) is 15.9 Å². The summed E-state index contributed by atoms with van der Waals surface area (Å²) in [5.74, 6) is 0. The Morgan fingerprint density at radius 3 is 2.23 bits per heavy atom. The largest absolute Gasteiger partial charge is 0.314 e. The third kappa shape index (κ3) is 2.67. The molecule has 0 aromatic carbocycles. The molecule has 0 unspecified atom stereocenters. The maximum atomic E-state index is 3.71. The summed E-state index contributed by atoms with van der Waals surface area (Å²) in [4.78, 5) is 3.47. The molecule has 76 valence electrons. The minimum Gasteiger partial charge on any atom is -0.314 e. The molecule has 1 saturated carbocycles. The van der Waals surface area contributed by atoms with E-state index in [4.69, 9.17) is 0 Å². The molecule has 3 heteroatoms. The summed E-state index contributed by atoms with van der Waals surface area (Å²) in [5.41, 5.74) is 0. The smallest absolute Gasteiger partial charge is 0.0147 e. The molecule has 0 radical (unpaired) electrons. The van der Waals surface area contributed by atoms with E-state index in [1.807, 2.05) is 0 Å². The lowest BCUT2D eigenvalue weighted by molar-refractivity contribution is 0.141. The highest BCUT2D eigenvalue weighted by Gasteiger charge is 2.25. The third-order valence-electron chi connectivity index (χ3n) is 3.29. The zero-order chi connectivity index (χ0) is 9.10. The Balaban J connectivity index is 1.79. The van der Waals surface area contributed by atoms with Gasteiger partial charge in [-0.3, -0.25) is 4.90 Å². The van der Waals surface area contributed by atoms with Gasteiger partial charge >= 0.3 is 0 Å². The molecule has 0 atom stereocenters. The standard InChI is InChI=1S/C10H19BrN2/c11-9-1-3-10(4-2-9)13-7-5-12-6-8-13/h9-10,12H,1-8H2. The Labute approximate surface area is 89.2 Å². The van der Waals surface area contributed by atoms with E-state index in [1.54, 1.807) is 0 Å². The van der Waals surface area contributed by atoms with Gasteiger partial charge in [0.15, 0.2) is 0 Å². The summed E-state index contributed by atoms with van der Waals surface area (Å²) in [6.07, 6.45) is 5.54. The van der Waals surface area contributed by atoms with Crippen LogP contribution >= 0.6 is 15.9 Å². The number of nitrogens with one attached hydrogen (secondary N) is 1. The molecule has 0 aromatic rings. The van der Waals surface area contributed by atoms with Crippen LogP contribution in [0.25, 0.3) is 0 Å². The van der Waals surface area contributed by atoms with Crippen molar-refractivity contribution in [2.75, 3.05) is 26.2 Å². The van der Waals surface area contributed by atoms with Crippen LogP contribution in [-0.2, 0) is 0 Å². The molecule has 13 heavy (non-hydrogen) atoms. The number of alkyl halides is 1. The SMILES string of the molecule is BrC1CCC(N2CCNCC2)CC1. The van der Waals surface area contributed by atoms with Crippen LogP contribution in [0.15, 0.2) is 0 Å². The first-order valence-electron chi connectivity index (χ1n) is 5.45. The molecule has 2 fully saturated rings. The summed E-state index contributed by atoms with van der Waals surface area (Å²) in [6.45, 7) is 4.90. The lowest BCUT2D eigenvalue weighted by atomic mass is 9.94. The molecule has 0 aromatic heterocycles. The second kappa shape index (κ2) is 4.76. The fraction of sp³-hybridized carbons (Fsp3) is 1.00. The zero-order valence-electron chi connectivity index (χ0n) is 8.14. The van der Waals surface area contributed by atoms with Crippen molar-refractivity contribution < 1.29 is 0 Å². The second-order valence-corrected chi connectivity index (χ2v) is 5.49. The normalized spacial score (nSPS) is 37.6.